The van der Waals surface area contributed by atoms with Crippen molar-refractivity contribution < 1.29 is 9.90 Å². The monoisotopic (exact) mass is 337 g/mol. The summed E-state index contributed by atoms with van der Waals surface area (Å²) < 4.78 is 0. The number of amides is 2. The molecular weight excluding hydrogens is 302 g/mol. The van der Waals surface area contributed by atoms with Crippen LogP contribution in [0.4, 0.5) is 4.79 Å². The van der Waals surface area contributed by atoms with Crippen molar-refractivity contribution >= 4 is 6.03 Å². The lowest BCUT2D eigenvalue weighted by Crippen LogP contribution is -2.52. The highest BCUT2D eigenvalue weighted by Gasteiger charge is 2.30. The fourth-order valence-electron chi connectivity index (χ4n) is 4.84. The summed E-state index contributed by atoms with van der Waals surface area (Å²) in [4.78, 5) is 17.1. The van der Waals surface area contributed by atoms with E-state index in [-0.39, 0.29) is 6.03 Å². The average Bonchev–Trinajstić information content (AvgIpc) is 3.16. The lowest BCUT2D eigenvalue weighted by atomic mass is 9.86. The zero-order chi connectivity index (χ0) is 16.9. The summed E-state index contributed by atoms with van der Waals surface area (Å²) in [7, 11) is 1.94. The van der Waals surface area contributed by atoms with E-state index in [4.69, 9.17) is 0 Å². The SMILES string of the molecule is CN(C(=O)NC1CCN(C2CCCC2)CC1)C1CCC(CO)CC1. The molecule has 2 aliphatic carbocycles. The first-order valence-electron chi connectivity index (χ1n) is 10.1. The van der Waals surface area contributed by atoms with Gasteiger partial charge in [-0.2, -0.15) is 0 Å². The lowest BCUT2D eigenvalue weighted by molar-refractivity contribution is 0.122. The molecule has 1 aliphatic heterocycles. The normalized spacial score (nSPS) is 30.4. The Kier molecular flexibility index (Phi) is 6.39. The van der Waals surface area contributed by atoms with Crippen LogP contribution in [0.3, 0.4) is 0 Å². The number of likely N-dealkylation sites (tertiary alicyclic amines) is 1. The first-order chi connectivity index (χ1) is 11.7. The van der Waals surface area contributed by atoms with Crippen molar-refractivity contribution in [2.75, 3.05) is 26.7 Å². The van der Waals surface area contributed by atoms with Gasteiger partial charge in [-0.05, 0) is 57.3 Å². The third kappa shape index (κ3) is 4.42. The van der Waals surface area contributed by atoms with Crippen molar-refractivity contribution in [2.45, 2.75) is 82.3 Å². The molecule has 3 rings (SSSR count). The molecule has 0 spiro atoms. The summed E-state index contributed by atoms with van der Waals surface area (Å²) >= 11 is 0. The summed E-state index contributed by atoms with van der Waals surface area (Å²) in [5.74, 6) is 0.442. The second kappa shape index (κ2) is 8.52. The van der Waals surface area contributed by atoms with E-state index in [1.807, 2.05) is 11.9 Å². The molecule has 5 nitrogen and oxygen atoms in total. The van der Waals surface area contributed by atoms with Gasteiger partial charge in [-0.15, -0.1) is 0 Å². The summed E-state index contributed by atoms with van der Waals surface area (Å²) in [6.45, 7) is 2.57. The summed E-state index contributed by atoms with van der Waals surface area (Å²) in [5, 5.41) is 12.5. The minimum atomic E-state index is 0.0989. The average molecular weight is 338 g/mol. The standard InChI is InChI=1S/C19H35N3O2/c1-21(17-8-6-15(14-23)7-9-17)19(24)20-16-10-12-22(13-11-16)18-4-2-3-5-18/h15-18,23H,2-14H2,1H3,(H,20,24). The number of rotatable bonds is 4. The Morgan fingerprint density at radius 3 is 2.25 bits per heavy atom. The van der Waals surface area contributed by atoms with Crippen LogP contribution in [0.2, 0.25) is 0 Å². The van der Waals surface area contributed by atoms with Crippen LogP contribution in [0.5, 0.6) is 0 Å². The molecule has 1 saturated heterocycles. The number of aliphatic hydroxyl groups excluding tert-OH is 1. The molecule has 0 unspecified atom stereocenters. The quantitative estimate of drug-likeness (QED) is 0.829. The maximum atomic E-state index is 12.6. The number of carbonyl (C=O) groups excluding carboxylic acids is 1. The molecule has 0 radical (unpaired) electrons. The molecule has 2 amide bonds. The second-order valence-electron chi connectivity index (χ2n) is 8.17. The summed E-state index contributed by atoms with van der Waals surface area (Å²) in [6, 6.07) is 1.59. The third-order valence-corrected chi connectivity index (χ3v) is 6.64. The van der Waals surface area contributed by atoms with Gasteiger partial charge in [0.25, 0.3) is 0 Å². The van der Waals surface area contributed by atoms with Gasteiger partial charge in [0, 0.05) is 44.9 Å². The van der Waals surface area contributed by atoms with Gasteiger partial charge in [-0.1, -0.05) is 12.8 Å². The van der Waals surface area contributed by atoms with Crippen molar-refractivity contribution in [3.8, 4) is 0 Å². The van der Waals surface area contributed by atoms with E-state index < -0.39 is 0 Å². The van der Waals surface area contributed by atoms with Gasteiger partial charge in [0.2, 0.25) is 0 Å². The number of hydrogen-bond donors (Lipinski definition) is 2. The molecule has 5 heteroatoms. The Balaban J connectivity index is 1.39. The predicted octanol–water partition coefficient (Wildman–Crippen LogP) is 2.59. The Hall–Kier alpha value is -0.810. The Bertz CT molecular complexity index is 395. The number of piperidine rings is 1. The van der Waals surface area contributed by atoms with Crippen LogP contribution in [-0.2, 0) is 0 Å². The van der Waals surface area contributed by atoms with Crippen molar-refractivity contribution in [1.82, 2.24) is 15.1 Å². The van der Waals surface area contributed by atoms with Crippen LogP contribution < -0.4 is 5.32 Å². The smallest absolute Gasteiger partial charge is 0.317 e. The Morgan fingerprint density at radius 2 is 1.67 bits per heavy atom. The molecule has 138 valence electrons. The van der Waals surface area contributed by atoms with Crippen LogP contribution in [0.1, 0.15) is 64.2 Å². The molecule has 2 N–H and O–H groups in total. The molecule has 0 bridgehead atoms. The number of hydrogen-bond acceptors (Lipinski definition) is 3. The van der Waals surface area contributed by atoms with E-state index in [9.17, 15) is 9.90 Å². The van der Waals surface area contributed by atoms with Gasteiger partial charge in [0.15, 0.2) is 0 Å². The summed E-state index contributed by atoms with van der Waals surface area (Å²) in [6.07, 6.45) is 11.8. The molecule has 1 heterocycles. The highest BCUT2D eigenvalue weighted by Crippen LogP contribution is 2.28. The molecule has 2 saturated carbocycles. The molecule has 0 aromatic rings. The fourth-order valence-corrected chi connectivity index (χ4v) is 4.84. The number of nitrogens with zero attached hydrogens (tertiary/aromatic N) is 2. The molecule has 0 aromatic carbocycles. The van der Waals surface area contributed by atoms with Crippen molar-refractivity contribution in [1.29, 1.82) is 0 Å². The van der Waals surface area contributed by atoms with Gasteiger partial charge in [-0.25, -0.2) is 4.79 Å². The van der Waals surface area contributed by atoms with E-state index in [1.165, 1.54) is 25.7 Å². The van der Waals surface area contributed by atoms with Crippen LogP contribution in [-0.4, -0.2) is 65.8 Å². The highest BCUT2D eigenvalue weighted by molar-refractivity contribution is 5.74. The topological polar surface area (TPSA) is 55.8 Å². The number of carbonyl (C=O) groups is 1. The highest BCUT2D eigenvalue weighted by atomic mass is 16.3. The maximum absolute atomic E-state index is 12.6. The van der Waals surface area contributed by atoms with Crippen molar-refractivity contribution in [2.24, 2.45) is 5.92 Å². The number of nitrogens with one attached hydrogen (secondary N) is 1. The van der Waals surface area contributed by atoms with Crippen LogP contribution in [0.15, 0.2) is 0 Å². The number of aliphatic hydroxyl groups is 1. The van der Waals surface area contributed by atoms with E-state index in [0.29, 0.717) is 24.6 Å². The van der Waals surface area contributed by atoms with E-state index in [2.05, 4.69) is 10.2 Å². The molecule has 0 atom stereocenters. The molecular formula is C19H35N3O2. The molecule has 0 aromatic heterocycles. The molecule has 3 aliphatic rings. The van der Waals surface area contributed by atoms with Crippen LogP contribution in [0, 0.1) is 5.92 Å². The second-order valence-corrected chi connectivity index (χ2v) is 8.17. The number of urea groups is 1. The maximum Gasteiger partial charge on any atom is 0.317 e. The minimum Gasteiger partial charge on any atom is -0.396 e. The van der Waals surface area contributed by atoms with Crippen molar-refractivity contribution in [3.63, 3.8) is 0 Å². The molecule has 24 heavy (non-hydrogen) atoms. The Labute approximate surface area is 146 Å². The zero-order valence-corrected chi connectivity index (χ0v) is 15.3. The van der Waals surface area contributed by atoms with Gasteiger partial charge < -0.3 is 20.2 Å². The lowest BCUT2D eigenvalue weighted by Gasteiger charge is -2.38. The predicted molar refractivity (Wildman–Crippen MR) is 96.0 cm³/mol. The van der Waals surface area contributed by atoms with Gasteiger partial charge in [0.05, 0.1) is 0 Å². The first kappa shape index (κ1) is 18.0. The van der Waals surface area contributed by atoms with Gasteiger partial charge >= 0.3 is 6.03 Å². The fraction of sp³-hybridized carbons (Fsp3) is 0.947. The minimum absolute atomic E-state index is 0.0989. The van der Waals surface area contributed by atoms with Crippen LogP contribution >= 0.6 is 0 Å². The zero-order valence-electron chi connectivity index (χ0n) is 15.3. The van der Waals surface area contributed by atoms with E-state index >= 15 is 0 Å². The van der Waals surface area contributed by atoms with Crippen LogP contribution in [0.25, 0.3) is 0 Å². The Morgan fingerprint density at radius 1 is 1.04 bits per heavy atom. The summed E-state index contributed by atoms with van der Waals surface area (Å²) in [5.41, 5.74) is 0. The largest absolute Gasteiger partial charge is 0.396 e. The van der Waals surface area contributed by atoms with Gasteiger partial charge in [-0.3, -0.25) is 0 Å². The van der Waals surface area contributed by atoms with E-state index in [1.54, 1.807) is 0 Å². The first-order valence-corrected chi connectivity index (χ1v) is 10.1. The van der Waals surface area contributed by atoms with Crippen molar-refractivity contribution in [3.05, 3.63) is 0 Å². The van der Waals surface area contributed by atoms with E-state index in [0.717, 1.165) is 57.7 Å². The van der Waals surface area contributed by atoms with Gasteiger partial charge in [0.1, 0.15) is 0 Å². The molecule has 3 fully saturated rings. The third-order valence-electron chi connectivity index (χ3n) is 6.64.